The third-order valence-electron chi connectivity index (χ3n) is 3.77. The largest absolute Gasteiger partial charge is 0.342 e. The minimum Gasteiger partial charge on any atom is -0.342 e. The Labute approximate surface area is 131 Å². The zero-order valence-corrected chi connectivity index (χ0v) is 13.3. The first-order valence-corrected chi connectivity index (χ1v) is 9.29. The van der Waals surface area contributed by atoms with Crippen molar-refractivity contribution < 1.29 is 13.2 Å². The summed E-state index contributed by atoms with van der Waals surface area (Å²) in [7, 11) is -3.49. The van der Waals surface area contributed by atoms with Crippen LogP contribution in [0.4, 0.5) is 0 Å². The number of carbonyl (C=O) groups is 1. The van der Waals surface area contributed by atoms with Gasteiger partial charge in [0.15, 0.2) is 9.84 Å². The Morgan fingerprint density at radius 3 is 2.23 bits per heavy atom. The van der Waals surface area contributed by atoms with Gasteiger partial charge in [-0.1, -0.05) is 25.0 Å². The highest BCUT2D eigenvalue weighted by Gasteiger charge is 2.22. The van der Waals surface area contributed by atoms with Gasteiger partial charge in [0, 0.05) is 13.1 Å². The van der Waals surface area contributed by atoms with Gasteiger partial charge in [0.25, 0.3) is 0 Å². The summed E-state index contributed by atoms with van der Waals surface area (Å²) in [5.74, 6) is -0.902. The maximum atomic E-state index is 12.2. The SMILES string of the molecule is N#Cc1ccc(CS(=O)(=O)CC(=O)N2CCCCCC2)cc1. The second kappa shape index (κ2) is 7.41. The molecule has 6 heteroatoms. The van der Waals surface area contributed by atoms with Gasteiger partial charge >= 0.3 is 0 Å². The Hall–Kier alpha value is -1.87. The molecule has 5 nitrogen and oxygen atoms in total. The van der Waals surface area contributed by atoms with Crippen molar-refractivity contribution in [1.82, 2.24) is 4.90 Å². The highest BCUT2D eigenvalue weighted by atomic mass is 32.2. The fraction of sp³-hybridized carbons (Fsp3) is 0.500. The lowest BCUT2D eigenvalue weighted by Crippen LogP contribution is -2.36. The molecule has 1 aromatic carbocycles. The van der Waals surface area contributed by atoms with E-state index in [1.54, 1.807) is 29.2 Å². The van der Waals surface area contributed by atoms with Gasteiger partial charge in [-0.05, 0) is 30.5 Å². The molecular weight excluding hydrogens is 300 g/mol. The van der Waals surface area contributed by atoms with E-state index in [2.05, 4.69) is 0 Å². The zero-order valence-electron chi connectivity index (χ0n) is 12.5. The third-order valence-corrected chi connectivity index (χ3v) is 5.23. The molecule has 0 spiro atoms. The predicted octanol–water partition coefficient (Wildman–Crippen LogP) is 1.88. The molecule has 0 aromatic heterocycles. The van der Waals surface area contributed by atoms with Gasteiger partial charge in [-0.25, -0.2) is 8.42 Å². The quantitative estimate of drug-likeness (QED) is 0.848. The molecule has 1 aliphatic heterocycles. The minimum atomic E-state index is -3.49. The van der Waals surface area contributed by atoms with Crippen molar-refractivity contribution in [3.05, 3.63) is 35.4 Å². The Morgan fingerprint density at radius 2 is 1.68 bits per heavy atom. The highest BCUT2D eigenvalue weighted by Crippen LogP contribution is 2.12. The number of rotatable bonds is 4. The van der Waals surface area contributed by atoms with Crippen molar-refractivity contribution in [3.8, 4) is 6.07 Å². The molecule has 22 heavy (non-hydrogen) atoms. The van der Waals surface area contributed by atoms with Gasteiger partial charge in [0.05, 0.1) is 17.4 Å². The summed E-state index contributed by atoms with van der Waals surface area (Å²) in [4.78, 5) is 13.8. The molecule has 1 saturated heterocycles. The zero-order chi connectivity index (χ0) is 16.0. The van der Waals surface area contributed by atoms with Crippen molar-refractivity contribution in [1.29, 1.82) is 5.26 Å². The van der Waals surface area contributed by atoms with Crippen LogP contribution in [0.3, 0.4) is 0 Å². The topological polar surface area (TPSA) is 78.2 Å². The molecule has 2 rings (SSSR count). The number of hydrogen-bond donors (Lipinski definition) is 0. The molecule has 0 saturated carbocycles. The summed E-state index contributed by atoms with van der Waals surface area (Å²) >= 11 is 0. The first-order valence-electron chi connectivity index (χ1n) is 7.47. The van der Waals surface area contributed by atoms with Crippen LogP contribution in [0, 0.1) is 11.3 Å². The molecule has 0 bridgehead atoms. The third kappa shape index (κ3) is 4.85. The maximum Gasteiger partial charge on any atom is 0.237 e. The van der Waals surface area contributed by atoms with Gasteiger partial charge in [-0.3, -0.25) is 4.79 Å². The van der Waals surface area contributed by atoms with Crippen LogP contribution < -0.4 is 0 Å². The van der Waals surface area contributed by atoms with E-state index in [1.165, 1.54) is 0 Å². The van der Waals surface area contributed by atoms with Crippen LogP contribution >= 0.6 is 0 Å². The van der Waals surface area contributed by atoms with Crippen LogP contribution in [-0.2, 0) is 20.4 Å². The van der Waals surface area contributed by atoms with E-state index in [0.717, 1.165) is 25.7 Å². The molecule has 1 fully saturated rings. The van der Waals surface area contributed by atoms with Gasteiger partial charge in [0.2, 0.25) is 5.91 Å². The standard InChI is InChI=1S/C16H20N2O3S/c17-11-14-5-7-15(8-6-14)12-22(20,21)13-16(19)18-9-3-1-2-4-10-18/h5-8H,1-4,9-10,12-13H2. The van der Waals surface area contributed by atoms with Crippen LogP contribution in [-0.4, -0.2) is 38.1 Å². The van der Waals surface area contributed by atoms with Gasteiger partial charge in [0.1, 0.15) is 5.75 Å². The summed E-state index contributed by atoms with van der Waals surface area (Å²) in [5.41, 5.74) is 1.09. The van der Waals surface area contributed by atoms with E-state index >= 15 is 0 Å². The van der Waals surface area contributed by atoms with E-state index in [0.29, 0.717) is 24.2 Å². The Balaban J connectivity index is 1.97. The second-order valence-electron chi connectivity index (χ2n) is 5.64. The number of hydrogen-bond acceptors (Lipinski definition) is 4. The summed E-state index contributed by atoms with van der Waals surface area (Å²) in [5, 5.41) is 8.73. The average Bonchev–Trinajstić information content (AvgIpc) is 2.76. The normalized spacial score (nSPS) is 15.9. The molecule has 0 radical (unpaired) electrons. The minimum absolute atomic E-state index is 0.168. The molecule has 0 N–H and O–H groups in total. The predicted molar refractivity (Wildman–Crippen MR) is 83.7 cm³/mol. The average molecular weight is 320 g/mol. The van der Waals surface area contributed by atoms with Gasteiger partial charge in [-0.15, -0.1) is 0 Å². The van der Waals surface area contributed by atoms with Crippen molar-refractivity contribution in [2.45, 2.75) is 31.4 Å². The van der Waals surface area contributed by atoms with E-state index in [1.807, 2.05) is 6.07 Å². The van der Waals surface area contributed by atoms with Crippen molar-refractivity contribution >= 4 is 15.7 Å². The smallest absolute Gasteiger partial charge is 0.237 e. The van der Waals surface area contributed by atoms with Crippen molar-refractivity contribution in [2.24, 2.45) is 0 Å². The lowest BCUT2D eigenvalue weighted by molar-refractivity contribution is -0.128. The van der Waals surface area contributed by atoms with Crippen molar-refractivity contribution in [2.75, 3.05) is 18.8 Å². The second-order valence-corrected chi connectivity index (χ2v) is 7.70. The van der Waals surface area contributed by atoms with Gasteiger partial charge in [-0.2, -0.15) is 5.26 Å². The Kier molecular flexibility index (Phi) is 5.56. The van der Waals surface area contributed by atoms with E-state index in [9.17, 15) is 13.2 Å². The Morgan fingerprint density at radius 1 is 1.09 bits per heavy atom. The summed E-state index contributed by atoms with van der Waals surface area (Å²) in [6, 6.07) is 8.39. The molecule has 118 valence electrons. The highest BCUT2D eigenvalue weighted by molar-refractivity contribution is 7.91. The molecular formula is C16H20N2O3S. The number of amides is 1. The molecule has 0 unspecified atom stereocenters. The van der Waals surface area contributed by atoms with Gasteiger partial charge < -0.3 is 4.90 Å². The monoisotopic (exact) mass is 320 g/mol. The van der Waals surface area contributed by atoms with Crippen LogP contribution in [0.1, 0.15) is 36.8 Å². The molecule has 1 aromatic rings. The summed E-state index contributed by atoms with van der Waals surface area (Å²) < 4.78 is 24.4. The number of nitriles is 1. The van der Waals surface area contributed by atoms with E-state index in [-0.39, 0.29) is 11.7 Å². The fourth-order valence-corrected chi connectivity index (χ4v) is 3.94. The molecule has 1 heterocycles. The number of benzene rings is 1. The number of sulfone groups is 1. The molecule has 1 amide bonds. The number of likely N-dealkylation sites (tertiary alicyclic amines) is 1. The van der Waals surface area contributed by atoms with E-state index in [4.69, 9.17) is 5.26 Å². The number of nitrogens with zero attached hydrogens (tertiary/aromatic N) is 2. The fourth-order valence-electron chi connectivity index (χ4n) is 2.58. The van der Waals surface area contributed by atoms with E-state index < -0.39 is 15.6 Å². The number of carbonyl (C=O) groups excluding carboxylic acids is 1. The molecule has 0 atom stereocenters. The molecule has 0 aliphatic carbocycles. The maximum absolute atomic E-state index is 12.2. The van der Waals surface area contributed by atoms with Crippen LogP contribution in [0.5, 0.6) is 0 Å². The van der Waals surface area contributed by atoms with Crippen molar-refractivity contribution in [3.63, 3.8) is 0 Å². The lowest BCUT2D eigenvalue weighted by Gasteiger charge is -2.20. The lowest BCUT2D eigenvalue weighted by atomic mass is 10.2. The Bertz CT molecular complexity index is 652. The summed E-state index contributed by atoms with van der Waals surface area (Å²) in [6.07, 6.45) is 4.09. The summed E-state index contributed by atoms with van der Waals surface area (Å²) in [6.45, 7) is 1.32. The van der Waals surface area contributed by atoms with Crippen LogP contribution in [0.25, 0.3) is 0 Å². The molecule has 1 aliphatic rings. The first-order chi connectivity index (χ1) is 10.5. The first kappa shape index (κ1) is 16.5. The van der Waals surface area contributed by atoms with Crippen LogP contribution in [0.2, 0.25) is 0 Å². The van der Waals surface area contributed by atoms with Crippen LogP contribution in [0.15, 0.2) is 24.3 Å².